The number of aromatic carboxylic acids is 1. The molecule has 5 nitrogen and oxygen atoms in total. The van der Waals surface area contributed by atoms with Gasteiger partial charge in [0, 0.05) is 26.2 Å². The molecule has 3 N–H and O–H groups in total. The van der Waals surface area contributed by atoms with E-state index in [1.165, 1.54) is 17.9 Å². The lowest BCUT2D eigenvalue weighted by molar-refractivity contribution is -0.128. The second-order valence-corrected chi connectivity index (χ2v) is 3.56. The van der Waals surface area contributed by atoms with Gasteiger partial charge in [0.05, 0.1) is 5.56 Å². The van der Waals surface area contributed by atoms with Gasteiger partial charge >= 0.3 is 5.97 Å². The largest absolute Gasteiger partial charge is 0.478 e. The van der Waals surface area contributed by atoms with Crippen molar-refractivity contribution >= 4 is 17.6 Å². The lowest BCUT2D eigenvalue weighted by atomic mass is 10.1. The summed E-state index contributed by atoms with van der Waals surface area (Å²) in [6.45, 7) is 1.66. The van der Waals surface area contributed by atoms with Crippen molar-refractivity contribution in [3.05, 3.63) is 29.3 Å². The molecule has 0 heterocycles. The monoisotopic (exact) mass is 222 g/mol. The number of rotatable bonds is 3. The SMILES string of the molecule is CC(=O)N(C)Cc1cccc(N)c1C(=O)O. The molecule has 0 aliphatic carbocycles. The first kappa shape index (κ1) is 12.0. The van der Waals surface area contributed by atoms with Crippen molar-refractivity contribution in [2.75, 3.05) is 12.8 Å². The zero-order valence-corrected chi connectivity index (χ0v) is 9.23. The lowest BCUT2D eigenvalue weighted by Crippen LogP contribution is -2.24. The van der Waals surface area contributed by atoms with Gasteiger partial charge in [-0.15, -0.1) is 0 Å². The number of nitrogens with zero attached hydrogens (tertiary/aromatic N) is 1. The summed E-state index contributed by atoms with van der Waals surface area (Å²) >= 11 is 0. The van der Waals surface area contributed by atoms with Crippen LogP contribution >= 0.6 is 0 Å². The topological polar surface area (TPSA) is 83.6 Å². The summed E-state index contributed by atoms with van der Waals surface area (Å²) in [4.78, 5) is 23.5. The van der Waals surface area contributed by atoms with Gasteiger partial charge in [0.15, 0.2) is 0 Å². The summed E-state index contributed by atoms with van der Waals surface area (Å²) in [7, 11) is 1.61. The molecule has 0 fully saturated rings. The number of carboxylic acid groups (broad SMARTS) is 1. The predicted molar refractivity (Wildman–Crippen MR) is 60.0 cm³/mol. The second kappa shape index (κ2) is 4.65. The maximum atomic E-state index is 11.1. The molecule has 86 valence electrons. The van der Waals surface area contributed by atoms with E-state index in [4.69, 9.17) is 10.8 Å². The van der Waals surface area contributed by atoms with E-state index in [0.29, 0.717) is 5.56 Å². The van der Waals surface area contributed by atoms with Crippen LogP contribution in [0.2, 0.25) is 0 Å². The molecule has 1 rings (SSSR count). The molecule has 1 amide bonds. The van der Waals surface area contributed by atoms with Gasteiger partial charge in [0.2, 0.25) is 5.91 Å². The van der Waals surface area contributed by atoms with Crippen molar-refractivity contribution in [2.45, 2.75) is 13.5 Å². The Hall–Kier alpha value is -2.04. The third kappa shape index (κ3) is 2.50. The van der Waals surface area contributed by atoms with Crippen LogP contribution in [0.15, 0.2) is 18.2 Å². The Morgan fingerprint density at radius 3 is 2.56 bits per heavy atom. The van der Waals surface area contributed by atoms with Crippen LogP contribution in [-0.2, 0) is 11.3 Å². The molecule has 1 aromatic rings. The maximum Gasteiger partial charge on any atom is 0.338 e. The van der Waals surface area contributed by atoms with Crippen LogP contribution in [0.5, 0.6) is 0 Å². The Bertz CT molecular complexity index is 429. The van der Waals surface area contributed by atoms with Crippen molar-refractivity contribution < 1.29 is 14.7 Å². The van der Waals surface area contributed by atoms with Gasteiger partial charge in [0.25, 0.3) is 0 Å². The van der Waals surface area contributed by atoms with E-state index in [1.807, 2.05) is 0 Å². The number of anilines is 1. The van der Waals surface area contributed by atoms with E-state index in [9.17, 15) is 9.59 Å². The molecule has 0 aromatic heterocycles. The second-order valence-electron chi connectivity index (χ2n) is 3.56. The predicted octanol–water partition coefficient (Wildman–Crippen LogP) is 0.945. The Kier molecular flexibility index (Phi) is 3.50. The number of hydrogen-bond donors (Lipinski definition) is 2. The quantitative estimate of drug-likeness (QED) is 0.745. The minimum atomic E-state index is -1.08. The summed E-state index contributed by atoms with van der Waals surface area (Å²) in [6.07, 6.45) is 0. The number of carbonyl (C=O) groups excluding carboxylic acids is 1. The highest BCUT2D eigenvalue weighted by atomic mass is 16.4. The zero-order chi connectivity index (χ0) is 12.3. The average molecular weight is 222 g/mol. The molecule has 0 atom stereocenters. The first-order chi connectivity index (χ1) is 7.43. The first-order valence-electron chi connectivity index (χ1n) is 4.76. The number of hydrogen-bond acceptors (Lipinski definition) is 3. The minimum absolute atomic E-state index is 0.0654. The van der Waals surface area contributed by atoms with E-state index in [0.717, 1.165) is 0 Å². The number of carboxylic acids is 1. The fourth-order valence-corrected chi connectivity index (χ4v) is 1.38. The van der Waals surface area contributed by atoms with Gasteiger partial charge in [-0.3, -0.25) is 4.79 Å². The fraction of sp³-hybridized carbons (Fsp3) is 0.273. The van der Waals surface area contributed by atoms with Gasteiger partial charge < -0.3 is 15.7 Å². The first-order valence-corrected chi connectivity index (χ1v) is 4.76. The highest BCUT2D eigenvalue weighted by Crippen LogP contribution is 2.18. The number of carbonyl (C=O) groups is 2. The van der Waals surface area contributed by atoms with Gasteiger partial charge in [-0.05, 0) is 11.6 Å². The Morgan fingerprint density at radius 1 is 1.44 bits per heavy atom. The number of benzene rings is 1. The highest BCUT2D eigenvalue weighted by Gasteiger charge is 2.15. The van der Waals surface area contributed by atoms with Crippen LogP contribution in [0.25, 0.3) is 0 Å². The van der Waals surface area contributed by atoms with Crippen LogP contribution in [-0.4, -0.2) is 28.9 Å². The minimum Gasteiger partial charge on any atom is -0.478 e. The van der Waals surface area contributed by atoms with E-state index in [1.54, 1.807) is 19.2 Å². The molecule has 0 saturated carbocycles. The Labute approximate surface area is 93.5 Å². The van der Waals surface area contributed by atoms with Crippen molar-refractivity contribution in [3.63, 3.8) is 0 Å². The highest BCUT2D eigenvalue weighted by molar-refractivity contribution is 5.95. The lowest BCUT2D eigenvalue weighted by Gasteiger charge is -2.16. The Morgan fingerprint density at radius 2 is 2.06 bits per heavy atom. The van der Waals surface area contributed by atoms with Crippen molar-refractivity contribution in [2.24, 2.45) is 0 Å². The van der Waals surface area contributed by atoms with Gasteiger partial charge in [-0.25, -0.2) is 4.79 Å². The van der Waals surface area contributed by atoms with Gasteiger partial charge in [-0.2, -0.15) is 0 Å². The molecule has 0 saturated heterocycles. The van der Waals surface area contributed by atoms with Gasteiger partial charge in [-0.1, -0.05) is 12.1 Å². The summed E-state index contributed by atoms with van der Waals surface area (Å²) < 4.78 is 0. The van der Waals surface area contributed by atoms with Crippen LogP contribution in [0.1, 0.15) is 22.8 Å². The van der Waals surface area contributed by atoms with Crippen LogP contribution in [0, 0.1) is 0 Å². The number of nitrogen functional groups attached to an aromatic ring is 1. The van der Waals surface area contributed by atoms with E-state index in [-0.39, 0.29) is 23.7 Å². The van der Waals surface area contributed by atoms with E-state index < -0.39 is 5.97 Å². The van der Waals surface area contributed by atoms with Crippen molar-refractivity contribution in [3.8, 4) is 0 Å². The normalized spacial score (nSPS) is 9.88. The summed E-state index contributed by atoms with van der Waals surface area (Å²) in [5.74, 6) is -1.20. The molecular formula is C11H14N2O3. The molecule has 0 spiro atoms. The molecule has 5 heteroatoms. The molecule has 1 aromatic carbocycles. The molecule has 16 heavy (non-hydrogen) atoms. The molecule has 0 radical (unpaired) electrons. The molecule has 0 unspecified atom stereocenters. The van der Waals surface area contributed by atoms with Gasteiger partial charge in [0.1, 0.15) is 0 Å². The van der Waals surface area contributed by atoms with E-state index in [2.05, 4.69) is 0 Å². The summed E-state index contributed by atoms with van der Waals surface area (Å²) in [5.41, 5.74) is 6.40. The average Bonchev–Trinajstić information content (AvgIpc) is 2.16. The van der Waals surface area contributed by atoms with Crippen LogP contribution in [0.4, 0.5) is 5.69 Å². The number of amides is 1. The van der Waals surface area contributed by atoms with Crippen LogP contribution in [0.3, 0.4) is 0 Å². The van der Waals surface area contributed by atoms with E-state index >= 15 is 0 Å². The smallest absolute Gasteiger partial charge is 0.338 e. The number of nitrogens with two attached hydrogens (primary N) is 1. The molecule has 0 aliphatic heterocycles. The molecule has 0 aliphatic rings. The zero-order valence-electron chi connectivity index (χ0n) is 9.23. The third-order valence-electron chi connectivity index (χ3n) is 2.34. The summed E-state index contributed by atoms with van der Waals surface area (Å²) in [5, 5.41) is 9.01. The molecular weight excluding hydrogens is 208 g/mol. The van der Waals surface area contributed by atoms with Crippen molar-refractivity contribution in [1.29, 1.82) is 0 Å². The summed E-state index contributed by atoms with van der Waals surface area (Å²) in [6, 6.07) is 4.85. The third-order valence-corrected chi connectivity index (χ3v) is 2.34. The van der Waals surface area contributed by atoms with Crippen LogP contribution < -0.4 is 5.73 Å². The Balaban J connectivity index is 3.09. The molecule has 0 bridgehead atoms. The maximum absolute atomic E-state index is 11.1. The standard InChI is InChI=1S/C11H14N2O3/c1-7(14)13(2)6-8-4-3-5-9(12)10(8)11(15)16/h3-5H,6,12H2,1-2H3,(H,15,16). The van der Waals surface area contributed by atoms with Crippen molar-refractivity contribution in [1.82, 2.24) is 4.90 Å². The fourth-order valence-electron chi connectivity index (χ4n) is 1.38.